The molecule has 2 rings (SSSR count). The predicted molar refractivity (Wildman–Crippen MR) is 59.5 cm³/mol. The maximum absolute atomic E-state index is 10.6. The fourth-order valence-corrected chi connectivity index (χ4v) is 1.62. The van der Waals surface area contributed by atoms with Crippen molar-refractivity contribution in [3.05, 3.63) is 24.5 Å². The van der Waals surface area contributed by atoms with Gasteiger partial charge in [-0.25, -0.2) is 4.98 Å². The summed E-state index contributed by atoms with van der Waals surface area (Å²) in [6.07, 6.45) is 3.37. The zero-order valence-corrected chi connectivity index (χ0v) is 9.07. The Kier molecular flexibility index (Phi) is 3.16. The SMILES string of the molecule is NC(=O)CSc1n[nH]c(-c2cccnc2)n1. The normalized spacial score (nSPS) is 10.2. The molecule has 0 radical (unpaired) electrons. The summed E-state index contributed by atoms with van der Waals surface area (Å²) in [6, 6.07) is 3.68. The Bertz CT molecular complexity index is 484. The summed E-state index contributed by atoms with van der Waals surface area (Å²) in [5, 5.41) is 7.23. The van der Waals surface area contributed by atoms with E-state index in [1.165, 1.54) is 11.8 Å². The predicted octanol–water partition coefficient (Wildman–Crippen LogP) is 0.444. The monoisotopic (exact) mass is 235 g/mol. The molecule has 0 saturated carbocycles. The summed E-state index contributed by atoms with van der Waals surface area (Å²) < 4.78 is 0. The lowest BCUT2D eigenvalue weighted by Gasteiger charge is -1.92. The number of pyridine rings is 1. The Morgan fingerprint density at radius 2 is 2.44 bits per heavy atom. The maximum Gasteiger partial charge on any atom is 0.227 e. The van der Waals surface area contributed by atoms with Gasteiger partial charge in [0.05, 0.1) is 5.75 Å². The second-order valence-electron chi connectivity index (χ2n) is 2.96. The topological polar surface area (TPSA) is 97.6 Å². The zero-order valence-electron chi connectivity index (χ0n) is 8.25. The minimum Gasteiger partial charge on any atom is -0.369 e. The van der Waals surface area contributed by atoms with Crippen LogP contribution in [0.15, 0.2) is 29.7 Å². The van der Waals surface area contributed by atoms with E-state index in [2.05, 4.69) is 20.2 Å². The van der Waals surface area contributed by atoms with Crippen molar-refractivity contribution in [3.8, 4) is 11.4 Å². The zero-order chi connectivity index (χ0) is 11.4. The fraction of sp³-hybridized carbons (Fsp3) is 0.111. The molecule has 0 atom stereocenters. The Morgan fingerprint density at radius 1 is 1.56 bits per heavy atom. The summed E-state index contributed by atoms with van der Waals surface area (Å²) in [4.78, 5) is 18.8. The van der Waals surface area contributed by atoms with Crippen molar-refractivity contribution >= 4 is 17.7 Å². The number of nitrogens with zero attached hydrogens (tertiary/aromatic N) is 3. The highest BCUT2D eigenvalue weighted by Crippen LogP contribution is 2.17. The van der Waals surface area contributed by atoms with Gasteiger partial charge >= 0.3 is 0 Å². The number of aromatic nitrogens is 4. The molecule has 1 amide bonds. The number of thioether (sulfide) groups is 1. The van der Waals surface area contributed by atoms with Crippen LogP contribution in [0.4, 0.5) is 0 Å². The van der Waals surface area contributed by atoms with Gasteiger partial charge in [-0.2, -0.15) is 0 Å². The molecule has 0 spiro atoms. The molecule has 82 valence electrons. The van der Waals surface area contributed by atoms with Crippen molar-refractivity contribution in [2.24, 2.45) is 5.73 Å². The molecule has 2 aromatic heterocycles. The summed E-state index contributed by atoms with van der Waals surface area (Å²) in [5.41, 5.74) is 5.87. The molecule has 0 aliphatic rings. The summed E-state index contributed by atoms with van der Waals surface area (Å²) in [7, 11) is 0. The van der Waals surface area contributed by atoms with E-state index < -0.39 is 5.91 Å². The molecule has 3 N–H and O–H groups in total. The van der Waals surface area contributed by atoms with Gasteiger partial charge in [-0.05, 0) is 12.1 Å². The molecule has 2 aromatic rings. The van der Waals surface area contributed by atoms with Crippen molar-refractivity contribution in [2.75, 3.05) is 5.75 Å². The molecular weight excluding hydrogens is 226 g/mol. The second-order valence-corrected chi connectivity index (χ2v) is 3.91. The van der Waals surface area contributed by atoms with E-state index in [4.69, 9.17) is 5.73 Å². The van der Waals surface area contributed by atoms with Crippen LogP contribution in [0.1, 0.15) is 0 Å². The summed E-state index contributed by atoms with van der Waals surface area (Å²) >= 11 is 1.20. The molecule has 0 aromatic carbocycles. The van der Waals surface area contributed by atoms with Crippen LogP contribution in [-0.4, -0.2) is 31.8 Å². The Hall–Kier alpha value is -1.89. The van der Waals surface area contributed by atoms with Gasteiger partial charge in [-0.1, -0.05) is 11.8 Å². The average Bonchev–Trinajstić information content (AvgIpc) is 2.76. The summed E-state index contributed by atoms with van der Waals surface area (Å²) in [6.45, 7) is 0. The molecule has 0 unspecified atom stereocenters. The first kappa shape index (κ1) is 10.6. The van der Waals surface area contributed by atoms with Gasteiger partial charge < -0.3 is 5.73 Å². The maximum atomic E-state index is 10.6. The molecule has 6 nitrogen and oxygen atoms in total. The van der Waals surface area contributed by atoms with E-state index in [0.29, 0.717) is 11.0 Å². The number of carbonyl (C=O) groups is 1. The third kappa shape index (κ3) is 2.57. The highest BCUT2D eigenvalue weighted by Gasteiger charge is 2.06. The van der Waals surface area contributed by atoms with Crippen LogP contribution in [0, 0.1) is 0 Å². The van der Waals surface area contributed by atoms with E-state index in [0.717, 1.165) is 5.56 Å². The van der Waals surface area contributed by atoms with Crippen molar-refractivity contribution < 1.29 is 4.79 Å². The molecular formula is C9H9N5OS. The summed E-state index contributed by atoms with van der Waals surface area (Å²) in [5.74, 6) is 0.405. The van der Waals surface area contributed by atoms with Crippen molar-refractivity contribution in [1.82, 2.24) is 20.2 Å². The Balaban J connectivity index is 2.11. The van der Waals surface area contributed by atoms with Crippen LogP contribution in [0.2, 0.25) is 0 Å². The average molecular weight is 235 g/mol. The molecule has 0 fully saturated rings. The van der Waals surface area contributed by atoms with Crippen molar-refractivity contribution in [3.63, 3.8) is 0 Å². The first-order valence-electron chi connectivity index (χ1n) is 4.49. The lowest BCUT2D eigenvalue weighted by Crippen LogP contribution is -2.13. The molecule has 0 aliphatic heterocycles. The highest BCUT2D eigenvalue weighted by atomic mass is 32.2. The fourth-order valence-electron chi connectivity index (χ4n) is 1.08. The van der Waals surface area contributed by atoms with Crippen LogP contribution >= 0.6 is 11.8 Å². The number of hydrogen-bond acceptors (Lipinski definition) is 5. The molecule has 7 heteroatoms. The van der Waals surface area contributed by atoms with Gasteiger partial charge in [0.25, 0.3) is 0 Å². The number of primary amides is 1. The highest BCUT2D eigenvalue weighted by molar-refractivity contribution is 7.99. The number of amides is 1. The number of carbonyl (C=O) groups excluding carboxylic acids is 1. The molecule has 0 saturated heterocycles. The minimum absolute atomic E-state index is 0.171. The van der Waals surface area contributed by atoms with E-state index in [1.807, 2.05) is 12.1 Å². The lowest BCUT2D eigenvalue weighted by atomic mass is 10.3. The van der Waals surface area contributed by atoms with Gasteiger partial charge in [0.15, 0.2) is 5.82 Å². The first-order chi connectivity index (χ1) is 7.75. The number of H-pyrrole nitrogens is 1. The number of nitrogens with one attached hydrogen (secondary N) is 1. The van der Waals surface area contributed by atoms with Crippen molar-refractivity contribution in [1.29, 1.82) is 0 Å². The van der Waals surface area contributed by atoms with Crippen LogP contribution < -0.4 is 5.73 Å². The van der Waals surface area contributed by atoms with Crippen LogP contribution in [0.25, 0.3) is 11.4 Å². The molecule has 0 aliphatic carbocycles. The van der Waals surface area contributed by atoms with E-state index >= 15 is 0 Å². The van der Waals surface area contributed by atoms with Crippen LogP contribution in [-0.2, 0) is 4.79 Å². The molecule has 0 bridgehead atoms. The van der Waals surface area contributed by atoms with Gasteiger partial charge in [-0.3, -0.25) is 14.9 Å². The van der Waals surface area contributed by atoms with Gasteiger partial charge in [0, 0.05) is 18.0 Å². The number of hydrogen-bond donors (Lipinski definition) is 2. The number of rotatable bonds is 4. The quantitative estimate of drug-likeness (QED) is 0.749. The lowest BCUT2D eigenvalue weighted by molar-refractivity contribution is -0.115. The van der Waals surface area contributed by atoms with Crippen LogP contribution in [0.3, 0.4) is 0 Å². The van der Waals surface area contributed by atoms with E-state index in [1.54, 1.807) is 12.4 Å². The van der Waals surface area contributed by atoms with E-state index in [-0.39, 0.29) is 5.75 Å². The molecule has 2 heterocycles. The third-order valence-corrected chi connectivity index (χ3v) is 2.61. The number of aromatic amines is 1. The smallest absolute Gasteiger partial charge is 0.227 e. The van der Waals surface area contributed by atoms with Gasteiger partial charge in [0.1, 0.15) is 0 Å². The third-order valence-electron chi connectivity index (χ3n) is 1.74. The Labute approximate surface area is 95.7 Å². The van der Waals surface area contributed by atoms with Gasteiger partial charge in [-0.15, -0.1) is 5.10 Å². The minimum atomic E-state index is -0.391. The molecule has 16 heavy (non-hydrogen) atoms. The number of nitrogens with two attached hydrogens (primary N) is 1. The first-order valence-corrected chi connectivity index (χ1v) is 5.48. The standard InChI is InChI=1S/C9H9N5OS/c10-7(15)5-16-9-12-8(13-14-9)6-2-1-3-11-4-6/h1-4H,5H2,(H2,10,15)(H,12,13,14). The van der Waals surface area contributed by atoms with Gasteiger partial charge in [0.2, 0.25) is 11.1 Å². The second kappa shape index (κ2) is 4.75. The van der Waals surface area contributed by atoms with Crippen LogP contribution in [0.5, 0.6) is 0 Å². The van der Waals surface area contributed by atoms with Crippen molar-refractivity contribution in [2.45, 2.75) is 5.16 Å². The largest absolute Gasteiger partial charge is 0.369 e. The Morgan fingerprint density at radius 3 is 3.12 bits per heavy atom. The van der Waals surface area contributed by atoms with E-state index in [9.17, 15) is 4.79 Å².